The first-order valence-corrected chi connectivity index (χ1v) is 7.12. The topological polar surface area (TPSA) is 35.8 Å². The van der Waals surface area contributed by atoms with E-state index in [1.807, 2.05) is 36.0 Å². The molecule has 1 N–H and O–H groups in total. The van der Waals surface area contributed by atoms with Gasteiger partial charge in [0.05, 0.1) is 11.3 Å². The number of benzene rings is 1. The van der Waals surface area contributed by atoms with E-state index in [-0.39, 0.29) is 0 Å². The average molecular weight is 246 g/mol. The van der Waals surface area contributed by atoms with E-state index in [0.29, 0.717) is 11.5 Å². The summed E-state index contributed by atoms with van der Waals surface area (Å²) in [6, 6.07) is 10.4. The summed E-state index contributed by atoms with van der Waals surface area (Å²) in [5.74, 6) is 2.36. The summed E-state index contributed by atoms with van der Waals surface area (Å²) in [6.45, 7) is 4.61. The Balaban J connectivity index is 2.17. The lowest BCUT2D eigenvalue weighted by Gasteiger charge is -2.39. The predicted molar refractivity (Wildman–Crippen MR) is 74.3 cm³/mol. The molecule has 0 aliphatic carbocycles. The molecule has 0 spiro atoms. The second-order valence-electron chi connectivity index (χ2n) is 5.17. The summed E-state index contributed by atoms with van der Waals surface area (Å²) >= 11 is 1.99. The van der Waals surface area contributed by atoms with E-state index in [0.717, 1.165) is 17.0 Å². The molecule has 17 heavy (non-hydrogen) atoms. The first-order valence-electron chi connectivity index (χ1n) is 5.97. The van der Waals surface area contributed by atoms with Crippen LogP contribution in [0.25, 0.3) is 0 Å². The van der Waals surface area contributed by atoms with Crippen molar-refractivity contribution in [3.63, 3.8) is 0 Å². The number of hydrogen-bond donors (Lipinski definition) is 1. The van der Waals surface area contributed by atoms with Crippen molar-refractivity contribution in [2.24, 2.45) is 5.41 Å². The molecule has 90 valence electrons. The van der Waals surface area contributed by atoms with Gasteiger partial charge in [-0.15, -0.1) is 0 Å². The first kappa shape index (κ1) is 12.3. The van der Waals surface area contributed by atoms with Gasteiger partial charge in [0.25, 0.3) is 0 Å². The normalized spacial score (nSPS) is 22.8. The molecule has 0 bridgehead atoms. The van der Waals surface area contributed by atoms with Gasteiger partial charge in [0.1, 0.15) is 6.07 Å². The Hall–Kier alpha value is -1.14. The zero-order valence-electron chi connectivity index (χ0n) is 10.4. The van der Waals surface area contributed by atoms with Crippen LogP contribution in [0.4, 0.5) is 5.69 Å². The smallest absolute Gasteiger partial charge is 0.101 e. The predicted octanol–water partition coefficient (Wildman–Crippen LogP) is 3.50. The third kappa shape index (κ3) is 2.76. The van der Waals surface area contributed by atoms with Crippen LogP contribution in [-0.2, 0) is 0 Å². The monoisotopic (exact) mass is 246 g/mol. The maximum absolute atomic E-state index is 9.08. The Kier molecular flexibility index (Phi) is 3.63. The van der Waals surface area contributed by atoms with Crippen molar-refractivity contribution in [3.8, 4) is 6.07 Å². The number of para-hydroxylation sites is 1. The summed E-state index contributed by atoms with van der Waals surface area (Å²) in [4.78, 5) is 0. The highest BCUT2D eigenvalue weighted by Gasteiger charge is 2.32. The van der Waals surface area contributed by atoms with Crippen molar-refractivity contribution in [1.82, 2.24) is 0 Å². The molecule has 1 unspecified atom stereocenters. The highest BCUT2D eigenvalue weighted by molar-refractivity contribution is 7.99. The Bertz CT molecular complexity index is 434. The third-order valence-corrected chi connectivity index (χ3v) is 4.56. The third-order valence-electron chi connectivity index (χ3n) is 3.50. The summed E-state index contributed by atoms with van der Waals surface area (Å²) in [5, 5.41) is 12.6. The summed E-state index contributed by atoms with van der Waals surface area (Å²) in [6.07, 6.45) is 1.23. The quantitative estimate of drug-likeness (QED) is 0.867. The van der Waals surface area contributed by atoms with Crippen LogP contribution in [0.15, 0.2) is 24.3 Å². The van der Waals surface area contributed by atoms with Gasteiger partial charge in [0.15, 0.2) is 0 Å². The fourth-order valence-corrected chi connectivity index (χ4v) is 3.67. The number of nitriles is 1. The van der Waals surface area contributed by atoms with Crippen molar-refractivity contribution in [3.05, 3.63) is 29.8 Å². The van der Waals surface area contributed by atoms with Gasteiger partial charge in [-0.05, 0) is 29.7 Å². The van der Waals surface area contributed by atoms with Gasteiger partial charge in [0.2, 0.25) is 0 Å². The number of anilines is 1. The van der Waals surface area contributed by atoms with Crippen molar-refractivity contribution in [2.45, 2.75) is 26.3 Å². The summed E-state index contributed by atoms with van der Waals surface area (Å²) < 4.78 is 0. The maximum atomic E-state index is 9.08. The molecule has 1 aromatic carbocycles. The minimum absolute atomic E-state index is 0.299. The molecule has 1 atom stereocenters. The molecule has 0 radical (unpaired) electrons. The lowest BCUT2D eigenvalue weighted by atomic mass is 9.82. The van der Waals surface area contributed by atoms with E-state index in [1.165, 1.54) is 12.2 Å². The standard InChI is InChI=1S/C14H18N2S/c1-14(2)7-8-17-10-13(14)16-12-6-4-3-5-11(12)9-15/h3-6,13,16H,7-8,10H2,1-2H3. The average Bonchev–Trinajstić information content (AvgIpc) is 2.32. The minimum Gasteiger partial charge on any atom is -0.380 e. The Morgan fingerprint density at radius 3 is 2.88 bits per heavy atom. The molecule has 1 heterocycles. The number of thioether (sulfide) groups is 1. The number of rotatable bonds is 2. The summed E-state index contributed by atoms with van der Waals surface area (Å²) in [7, 11) is 0. The molecule has 3 heteroatoms. The Morgan fingerprint density at radius 1 is 1.41 bits per heavy atom. The zero-order chi connectivity index (χ0) is 12.3. The molecule has 2 nitrogen and oxygen atoms in total. The van der Waals surface area contributed by atoms with Gasteiger partial charge < -0.3 is 5.32 Å². The molecule has 1 aliphatic rings. The zero-order valence-corrected chi connectivity index (χ0v) is 11.2. The molecule has 1 aliphatic heterocycles. The lowest BCUT2D eigenvalue weighted by Crippen LogP contribution is -2.41. The van der Waals surface area contributed by atoms with Gasteiger partial charge >= 0.3 is 0 Å². The van der Waals surface area contributed by atoms with Crippen LogP contribution in [-0.4, -0.2) is 17.5 Å². The van der Waals surface area contributed by atoms with Gasteiger partial charge in [-0.2, -0.15) is 17.0 Å². The van der Waals surface area contributed by atoms with Crippen LogP contribution in [0.5, 0.6) is 0 Å². The molecular formula is C14H18N2S. The van der Waals surface area contributed by atoms with Crippen LogP contribution in [0.3, 0.4) is 0 Å². The van der Waals surface area contributed by atoms with Gasteiger partial charge in [-0.3, -0.25) is 0 Å². The molecule has 1 saturated heterocycles. The van der Waals surface area contributed by atoms with Crippen molar-refractivity contribution in [1.29, 1.82) is 5.26 Å². The van der Waals surface area contributed by atoms with Crippen LogP contribution in [0.1, 0.15) is 25.8 Å². The fourth-order valence-electron chi connectivity index (χ4n) is 2.07. The number of hydrogen-bond acceptors (Lipinski definition) is 3. The minimum atomic E-state index is 0.299. The SMILES string of the molecule is CC1(C)CCSCC1Nc1ccccc1C#N. The van der Waals surface area contributed by atoms with E-state index in [2.05, 4.69) is 25.2 Å². The molecule has 2 rings (SSSR count). The maximum Gasteiger partial charge on any atom is 0.101 e. The highest BCUT2D eigenvalue weighted by Crippen LogP contribution is 2.36. The Morgan fingerprint density at radius 2 is 2.18 bits per heavy atom. The second kappa shape index (κ2) is 5.01. The Labute approximate surface area is 107 Å². The van der Waals surface area contributed by atoms with Crippen LogP contribution in [0, 0.1) is 16.7 Å². The van der Waals surface area contributed by atoms with E-state index >= 15 is 0 Å². The molecular weight excluding hydrogens is 228 g/mol. The fraction of sp³-hybridized carbons (Fsp3) is 0.500. The molecule has 0 saturated carbocycles. The van der Waals surface area contributed by atoms with Gasteiger partial charge in [-0.25, -0.2) is 0 Å². The summed E-state index contributed by atoms with van der Waals surface area (Å²) in [5.41, 5.74) is 2.00. The van der Waals surface area contributed by atoms with Crippen molar-refractivity contribution >= 4 is 17.4 Å². The number of nitrogens with one attached hydrogen (secondary N) is 1. The lowest BCUT2D eigenvalue weighted by molar-refractivity contribution is 0.305. The molecule has 1 aromatic rings. The van der Waals surface area contributed by atoms with E-state index in [9.17, 15) is 0 Å². The van der Waals surface area contributed by atoms with Crippen molar-refractivity contribution < 1.29 is 0 Å². The largest absolute Gasteiger partial charge is 0.380 e. The van der Waals surface area contributed by atoms with Crippen LogP contribution in [0.2, 0.25) is 0 Å². The van der Waals surface area contributed by atoms with E-state index in [4.69, 9.17) is 5.26 Å². The van der Waals surface area contributed by atoms with Gasteiger partial charge in [0, 0.05) is 11.8 Å². The van der Waals surface area contributed by atoms with Crippen LogP contribution >= 0.6 is 11.8 Å². The molecule has 0 amide bonds. The first-order chi connectivity index (χ1) is 8.13. The second-order valence-corrected chi connectivity index (χ2v) is 6.32. The van der Waals surface area contributed by atoms with Gasteiger partial charge in [-0.1, -0.05) is 26.0 Å². The van der Waals surface area contributed by atoms with E-state index in [1.54, 1.807) is 0 Å². The molecule has 0 aromatic heterocycles. The molecule has 1 fully saturated rings. The number of nitrogens with zero attached hydrogens (tertiary/aromatic N) is 1. The van der Waals surface area contributed by atoms with E-state index < -0.39 is 0 Å². The highest BCUT2D eigenvalue weighted by atomic mass is 32.2. The van der Waals surface area contributed by atoms with Crippen LogP contribution < -0.4 is 5.32 Å². The van der Waals surface area contributed by atoms with Crippen molar-refractivity contribution in [2.75, 3.05) is 16.8 Å².